The number of amides is 2. The lowest BCUT2D eigenvalue weighted by Crippen LogP contribution is -2.36. The van der Waals surface area contributed by atoms with Crippen LogP contribution in [0.3, 0.4) is 0 Å². The van der Waals surface area contributed by atoms with Gasteiger partial charge in [-0.05, 0) is 45.2 Å². The highest BCUT2D eigenvalue weighted by Crippen LogP contribution is 2.30. The molecule has 0 unspecified atom stereocenters. The maximum absolute atomic E-state index is 12.4. The Balaban J connectivity index is 1.87. The highest BCUT2D eigenvalue weighted by Gasteiger charge is 2.13. The van der Waals surface area contributed by atoms with Gasteiger partial charge in [0.25, 0.3) is 0 Å². The Morgan fingerprint density at radius 1 is 0.867 bits per heavy atom. The number of benzene rings is 2. The van der Waals surface area contributed by atoms with Crippen LogP contribution >= 0.6 is 0 Å². The molecular weight excluding hydrogens is 386 g/mol. The maximum Gasteiger partial charge on any atom is 0.238 e. The average molecular weight is 415 g/mol. The Kier molecular flexibility index (Phi) is 8.96. The van der Waals surface area contributed by atoms with Crippen LogP contribution in [-0.4, -0.2) is 57.2 Å². The van der Waals surface area contributed by atoms with E-state index in [1.54, 1.807) is 61.5 Å². The zero-order valence-electron chi connectivity index (χ0n) is 17.9. The van der Waals surface area contributed by atoms with Crippen molar-refractivity contribution >= 4 is 23.2 Å². The predicted octanol–water partition coefficient (Wildman–Crippen LogP) is 3.00. The molecule has 0 aliphatic carbocycles. The van der Waals surface area contributed by atoms with E-state index in [-0.39, 0.29) is 24.9 Å². The molecule has 2 rings (SSSR count). The van der Waals surface area contributed by atoms with E-state index in [0.29, 0.717) is 41.8 Å². The molecule has 0 saturated carbocycles. The van der Waals surface area contributed by atoms with Gasteiger partial charge in [-0.1, -0.05) is 6.07 Å². The molecule has 8 nitrogen and oxygen atoms in total. The topological polar surface area (TPSA) is 89.1 Å². The lowest BCUT2D eigenvalue weighted by Gasteiger charge is -2.17. The second-order valence-electron chi connectivity index (χ2n) is 6.53. The quantitative estimate of drug-likeness (QED) is 0.587. The second-order valence-corrected chi connectivity index (χ2v) is 6.53. The lowest BCUT2D eigenvalue weighted by molar-refractivity contribution is -0.119. The molecule has 0 atom stereocenters. The highest BCUT2D eigenvalue weighted by molar-refractivity contribution is 5.95. The lowest BCUT2D eigenvalue weighted by atomic mass is 10.2. The number of anilines is 2. The summed E-state index contributed by atoms with van der Waals surface area (Å²) in [6.45, 7) is 4.91. The Bertz CT molecular complexity index is 856. The van der Waals surface area contributed by atoms with E-state index in [4.69, 9.17) is 14.2 Å². The molecule has 2 N–H and O–H groups in total. The molecule has 0 aliphatic rings. The van der Waals surface area contributed by atoms with Crippen molar-refractivity contribution in [2.75, 3.05) is 51.1 Å². The number of rotatable bonds is 11. The normalized spacial score (nSPS) is 10.4. The summed E-state index contributed by atoms with van der Waals surface area (Å²) in [5.41, 5.74) is 1.23. The van der Waals surface area contributed by atoms with Gasteiger partial charge in [0.15, 0.2) is 11.5 Å². The van der Waals surface area contributed by atoms with E-state index in [2.05, 4.69) is 10.6 Å². The Labute approximate surface area is 177 Å². The average Bonchev–Trinajstić information content (AvgIpc) is 2.70. The summed E-state index contributed by atoms with van der Waals surface area (Å²) in [6, 6.07) is 12.3. The smallest absolute Gasteiger partial charge is 0.238 e. The van der Waals surface area contributed by atoms with E-state index in [1.807, 2.05) is 13.8 Å². The summed E-state index contributed by atoms with van der Waals surface area (Å²) in [7, 11) is 3.27. The summed E-state index contributed by atoms with van der Waals surface area (Å²) in [4.78, 5) is 26.2. The van der Waals surface area contributed by atoms with Crippen molar-refractivity contribution in [2.45, 2.75) is 13.8 Å². The molecule has 0 aromatic heterocycles. The van der Waals surface area contributed by atoms with Crippen LogP contribution in [0, 0.1) is 0 Å². The van der Waals surface area contributed by atoms with Gasteiger partial charge in [-0.3, -0.25) is 14.5 Å². The number of likely N-dealkylation sites (N-methyl/N-ethyl adjacent to an activating group) is 1. The van der Waals surface area contributed by atoms with Gasteiger partial charge in [-0.25, -0.2) is 0 Å². The SMILES string of the molecule is CCOc1ccc(NC(=O)CN(C)CC(=O)Nc2cccc(OC)c2)cc1OCC. The van der Waals surface area contributed by atoms with Crippen LogP contribution in [0.25, 0.3) is 0 Å². The number of nitrogens with one attached hydrogen (secondary N) is 2. The van der Waals surface area contributed by atoms with Gasteiger partial charge in [-0.2, -0.15) is 0 Å². The van der Waals surface area contributed by atoms with Crippen molar-refractivity contribution in [3.63, 3.8) is 0 Å². The number of hydrogen-bond acceptors (Lipinski definition) is 6. The van der Waals surface area contributed by atoms with Gasteiger partial charge < -0.3 is 24.8 Å². The van der Waals surface area contributed by atoms with E-state index in [9.17, 15) is 9.59 Å². The van der Waals surface area contributed by atoms with Crippen LogP contribution in [0.15, 0.2) is 42.5 Å². The summed E-state index contributed by atoms with van der Waals surface area (Å²) < 4.78 is 16.2. The van der Waals surface area contributed by atoms with Gasteiger partial charge >= 0.3 is 0 Å². The fourth-order valence-corrected chi connectivity index (χ4v) is 2.78. The molecule has 162 valence electrons. The van der Waals surface area contributed by atoms with Crippen LogP contribution in [0.1, 0.15) is 13.8 Å². The highest BCUT2D eigenvalue weighted by atomic mass is 16.5. The minimum absolute atomic E-state index is 0.0582. The summed E-state index contributed by atoms with van der Waals surface area (Å²) in [5, 5.41) is 5.60. The van der Waals surface area contributed by atoms with Gasteiger partial charge in [0.1, 0.15) is 5.75 Å². The van der Waals surface area contributed by atoms with Crippen LogP contribution < -0.4 is 24.8 Å². The first-order valence-electron chi connectivity index (χ1n) is 9.77. The minimum atomic E-state index is -0.238. The molecule has 0 saturated heterocycles. The summed E-state index contributed by atoms with van der Waals surface area (Å²) in [5.74, 6) is 1.39. The maximum atomic E-state index is 12.4. The first-order chi connectivity index (χ1) is 14.4. The number of methoxy groups -OCH3 is 1. The molecule has 0 aliphatic heterocycles. The number of hydrogen-bond donors (Lipinski definition) is 2. The Morgan fingerprint density at radius 2 is 1.47 bits per heavy atom. The third-order valence-electron chi connectivity index (χ3n) is 4.01. The van der Waals surface area contributed by atoms with Crippen LogP contribution in [0.4, 0.5) is 11.4 Å². The molecular formula is C22H29N3O5. The molecule has 0 spiro atoms. The van der Waals surface area contributed by atoms with Crippen LogP contribution in [0.5, 0.6) is 17.2 Å². The standard InChI is InChI=1S/C22H29N3O5/c1-5-29-19-11-10-17(13-20(19)30-6-2)24-22(27)15-25(3)14-21(26)23-16-8-7-9-18(12-16)28-4/h7-13H,5-6,14-15H2,1-4H3,(H,23,26)(H,24,27). The van der Waals surface area contributed by atoms with Gasteiger partial charge in [0.2, 0.25) is 11.8 Å². The first-order valence-corrected chi connectivity index (χ1v) is 9.77. The van der Waals surface area contributed by atoms with E-state index >= 15 is 0 Å². The third-order valence-corrected chi connectivity index (χ3v) is 4.01. The van der Waals surface area contributed by atoms with Gasteiger partial charge in [-0.15, -0.1) is 0 Å². The first kappa shape index (κ1) is 23.0. The monoisotopic (exact) mass is 415 g/mol. The van der Waals surface area contributed by atoms with Crippen molar-refractivity contribution in [1.29, 1.82) is 0 Å². The van der Waals surface area contributed by atoms with E-state index < -0.39 is 0 Å². The molecule has 2 aromatic carbocycles. The summed E-state index contributed by atoms with van der Waals surface area (Å²) in [6.07, 6.45) is 0. The van der Waals surface area contributed by atoms with Crippen molar-refractivity contribution in [3.8, 4) is 17.2 Å². The molecule has 2 amide bonds. The van der Waals surface area contributed by atoms with Crippen LogP contribution in [-0.2, 0) is 9.59 Å². The number of ether oxygens (including phenoxy) is 3. The van der Waals surface area contributed by atoms with Crippen LogP contribution in [0.2, 0.25) is 0 Å². The molecule has 0 heterocycles. The molecule has 8 heteroatoms. The van der Waals surface area contributed by atoms with E-state index in [1.165, 1.54) is 0 Å². The number of nitrogens with zero attached hydrogens (tertiary/aromatic N) is 1. The largest absolute Gasteiger partial charge is 0.497 e. The molecule has 0 radical (unpaired) electrons. The zero-order valence-corrected chi connectivity index (χ0v) is 17.9. The van der Waals surface area contributed by atoms with E-state index in [0.717, 1.165) is 0 Å². The van der Waals surface area contributed by atoms with Gasteiger partial charge in [0, 0.05) is 23.5 Å². The second kappa shape index (κ2) is 11.7. The van der Waals surface area contributed by atoms with Crippen molar-refractivity contribution < 1.29 is 23.8 Å². The van der Waals surface area contributed by atoms with Gasteiger partial charge in [0.05, 0.1) is 33.4 Å². The van der Waals surface area contributed by atoms with Crippen molar-refractivity contribution in [2.24, 2.45) is 0 Å². The zero-order chi connectivity index (χ0) is 21.9. The summed E-state index contributed by atoms with van der Waals surface area (Å²) >= 11 is 0. The fourth-order valence-electron chi connectivity index (χ4n) is 2.78. The third kappa shape index (κ3) is 7.29. The number of carbonyl (C=O) groups is 2. The molecule has 0 bridgehead atoms. The molecule has 30 heavy (non-hydrogen) atoms. The fraction of sp³-hybridized carbons (Fsp3) is 0.364. The Hall–Kier alpha value is -3.26. The Morgan fingerprint density at radius 3 is 2.07 bits per heavy atom. The number of carbonyl (C=O) groups excluding carboxylic acids is 2. The van der Waals surface area contributed by atoms with Crippen molar-refractivity contribution in [1.82, 2.24) is 4.90 Å². The van der Waals surface area contributed by atoms with Crippen molar-refractivity contribution in [3.05, 3.63) is 42.5 Å². The molecule has 2 aromatic rings. The predicted molar refractivity (Wildman–Crippen MR) is 117 cm³/mol. The molecule has 0 fully saturated rings. The minimum Gasteiger partial charge on any atom is -0.497 e.